The van der Waals surface area contributed by atoms with Crippen LogP contribution < -0.4 is 0 Å². The predicted octanol–water partition coefficient (Wildman–Crippen LogP) is 10.9. The van der Waals surface area contributed by atoms with Crippen molar-refractivity contribution in [1.29, 1.82) is 0 Å². The van der Waals surface area contributed by atoms with Crippen LogP contribution in [0.15, 0.2) is 134 Å². The monoisotopic (exact) mass is 787 g/mol. The zero-order chi connectivity index (χ0) is 32.4. The maximum Gasteiger partial charge on any atom is 0.0516 e. The second kappa shape index (κ2) is 11.5. The molecule has 0 aliphatic heterocycles. The molecular weight excluding hydrogens is 759 g/mol. The van der Waals surface area contributed by atoms with Gasteiger partial charge in [0.2, 0.25) is 0 Å². The molecule has 10 rings (SSSR count). The molecule has 5 heterocycles. The maximum absolute atomic E-state index is 7.60. The molecule has 0 saturated heterocycles. The van der Waals surface area contributed by atoms with Gasteiger partial charge in [0.15, 0.2) is 0 Å². The second-order valence-corrected chi connectivity index (χ2v) is 12.2. The number of fused-ring (bicyclic) bond motifs is 9. The fourth-order valence-corrected chi connectivity index (χ4v) is 7.54. The minimum Gasteiger partial charge on any atom is -0.350 e. The number of para-hydroxylation sites is 1. The van der Waals surface area contributed by atoms with Gasteiger partial charge in [0.25, 0.3) is 0 Å². The number of benzene rings is 5. The van der Waals surface area contributed by atoms with E-state index >= 15 is 0 Å². The third-order valence-electron chi connectivity index (χ3n) is 8.44. The SMILES string of the molecule is [2H]C([2H])([2H])c1ccc(-c2[c-]cc3c(c2)c2cccc4c5cc6sc7ccccc7c6cc5n3c24)nc1.[Ir].[c-]1ccccc1-c1ccccn1. The average molecular weight is 787 g/mol. The van der Waals surface area contributed by atoms with E-state index in [1.165, 1.54) is 53.6 Å². The van der Waals surface area contributed by atoms with Crippen molar-refractivity contribution in [3.05, 3.63) is 151 Å². The van der Waals surface area contributed by atoms with E-state index in [1.54, 1.807) is 18.3 Å². The Morgan fingerprint density at radius 1 is 0.630 bits per heavy atom. The number of pyridine rings is 2. The molecule has 0 aliphatic rings. The predicted molar refractivity (Wildman–Crippen MR) is 189 cm³/mol. The molecule has 5 aromatic heterocycles. The summed E-state index contributed by atoms with van der Waals surface area (Å²) in [7, 11) is 0. The van der Waals surface area contributed by atoms with Gasteiger partial charge in [-0.3, -0.25) is 0 Å². The summed E-state index contributed by atoms with van der Waals surface area (Å²) in [5.74, 6) is 0. The molecule has 0 atom stereocenters. The van der Waals surface area contributed by atoms with E-state index in [0.29, 0.717) is 5.69 Å². The Hall–Kier alpha value is -4.93. The first-order valence-corrected chi connectivity index (χ1v) is 15.6. The van der Waals surface area contributed by atoms with E-state index in [1.807, 2.05) is 59.9 Å². The van der Waals surface area contributed by atoms with Crippen LogP contribution in [-0.2, 0) is 20.1 Å². The Balaban J connectivity index is 0.000000228. The van der Waals surface area contributed by atoms with Crippen LogP contribution in [0.3, 0.4) is 0 Å². The van der Waals surface area contributed by atoms with Gasteiger partial charge in [-0.15, -0.1) is 71.0 Å². The van der Waals surface area contributed by atoms with Crippen LogP contribution in [0.2, 0.25) is 0 Å². The molecule has 1 radical (unpaired) electrons. The summed E-state index contributed by atoms with van der Waals surface area (Å²) in [5, 5.41) is 7.44. The van der Waals surface area contributed by atoms with Gasteiger partial charge in [-0.25, -0.2) is 0 Å². The molecule has 46 heavy (non-hydrogen) atoms. The molecule has 221 valence electrons. The van der Waals surface area contributed by atoms with Crippen molar-refractivity contribution < 1.29 is 24.2 Å². The van der Waals surface area contributed by atoms with Crippen LogP contribution in [0.1, 0.15) is 9.68 Å². The molecule has 3 nitrogen and oxygen atoms in total. The summed E-state index contributed by atoms with van der Waals surface area (Å²) < 4.78 is 27.8. The van der Waals surface area contributed by atoms with Crippen molar-refractivity contribution in [1.82, 2.24) is 14.4 Å². The van der Waals surface area contributed by atoms with Crippen molar-refractivity contribution in [2.24, 2.45) is 0 Å². The molecule has 0 saturated carbocycles. The average Bonchev–Trinajstić information content (AvgIpc) is 3.77. The van der Waals surface area contributed by atoms with Crippen LogP contribution in [0, 0.1) is 19.0 Å². The standard InChI is InChI=1S/C30H17N2S.C11H8N.Ir/c1-17-9-11-25(31-16-17)18-10-12-26-22(13-18)20-6-4-7-21-23-15-29-24(14-27(23)32(26)30(20)21)19-5-2-3-8-28(19)33-29;1-2-6-10(7-3-1)11-8-4-5-9-12-11;/h2-9,11-16H,1H3;1-6,8-9H;/q2*-1;/i1D3;;. The summed E-state index contributed by atoms with van der Waals surface area (Å²) in [4.78, 5) is 8.65. The maximum atomic E-state index is 7.60. The number of aromatic nitrogens is 3. The van der Waals surface area contributed by atoms with Crippen LogP contribution >= 0.6 is 11.3 Å². The number of hydrogen-bond donors (Lipinski definition) is 0. The third-order valence-corrected chi connectivity index (χ3v) is 9.57. The second-order valence-electron chi connectivity index (χ2n) is 11.1. The number of rotatable bonds is 2. The van der Waals surface area contributed by atoms with Gasteiger partial charge in [0.05, 0.1) is 5.52 Å². The van der Waals surface area contributed by atoms with Crippen molar-refractivity contribution in [3.63, 3.8) is 0 Å². The zero-order valence-corrected chi connectivity index (χ0v) is 27.5. The summed E-state index contributed by atoms with van der Waals surface area (Å²) >= 11 is 1.85. The topological polar surface area (TPSA) is 30.2 Å². The normalized spacial score (nSPS) is 12.7. The molecule has 0 N–H and O–H groups in total. The first kappa shape index (κ1) is 25.3. The van der Waals surface area contributed by atoms with Crippen molar-refractivity contribution >= 4 is 69.6 Å². The Bertz CT molecular complexity index is 2720. The third kappa shape index (κ3) is 4.59. The molecule has 0 aliphatic carbocycles. The Morgan fingerprint density at radius 2 is 1.43 bits per heavy atom. The number of aryl methyl sites for hydroxylation is 1. The number of thiophene rings is 1. The van der Waals surface area contributed by atoms with Crippen LogP contribution in [0.4, 0.5) is 0 Å². The first-order chi connectivity index (χ1) is 23.4. The molecule has 0 amide bonds. The van der Waals surface area contributed by atoms with E-state index < -0.39 is 6.85 Å². The quantitative estimate of drug-likeness (QED) is 0.163. The van der Waals surface area contributed by atoms with Gasteiger partial charge in [0.1, 0.15) is 0 Å². The largest absolute Gasteiger partial charge is 0.350 e. The summed E-state index contributed by atoms with van der Waals surface area (Å²) in [6, 6.07) is 47.6. The van der Waals surface area contributed by atoms with Crippen LogP contribution in [0.5, 0.6) is 0 Å². The van der Waals surface area contributed by atoms with E-state index in [9.17, 15) is 0 Å². The van der Waals surface area contributed by atoms with Gasteiger partial charge < -0.3 is 14.4 Å². The molecule has 0 unspecified atom stereocenters. The van der Waals surface area contributed by atoms with Gasteiger partial charge in [-0.2, -0.15) is 0 Å². The summed E-state index contributed by atoms with van der Waals surface area (Å²) in [5.41, 5.74) is 7.35. The van der Waals surface area contributed by atoms with Gasteiger partial charge in [-0.1, -0.05) is 66.0 Å². The molecule has 5 aromatic carbocycles. The Morgan fingerprint density at radius 3 is 2.22 bits per heavy atom. The first-order valence-electron chi connectivity index (χ1n) is 16.2. The van der Waals surface area contributed by atoms with Gasteiger partial charge >= 0.3 is 0 Å². The van der Waals surface area contributed by atoms with E-state index in [4.69, 9.17) is 4.11 Å². The summed E-state index contributed by atoms with van der Waals surface area (Å²) in [6.45, 7) is -2.16. The fourth-order valence-electron chi connectivity index (χ4n) is 6.41. The van der Waals surface area contributed by atoms with E-state index in [0.717, 1.165) is 27.7 Å². The van der Waals surface area contributed by atoms with Crippen molar-refractivity contribution in [2.75, 3.05) is 0 Å². The zero-order valence-electron chi connectivity index (χ0n) is 27.3. The minimum absolute atomic E-state index is 0. The van der Waals surface area contributed by atoms with Crippen molar-refractivity contribution in [3.8, 4) is 22.5 Å². The molecule has 10 aromatic rings. The number of hydrogen-bond acceptors (Lipinski definition) is 3. The van der Waals surface area contributed by atoms with Gasteiger partial charge in [0, 0.05) is 73.1 Å². The molecule has 0 spiro atoms. The van der Waals surface area contributed by atoms with Crippen LogP contribution in [-0.4, -0.2) is 14.4 Å². The molecule has 0 bridgehead atoms. The Kier molecular flexibility index (Phi) is 6.30. The molecule has 5 heteroatoms. The smallest absolute Gasteiger partial charge is 0.0516 e. The van der Waals surface area contributed by atoms with Crippen molar-refractivity contribution in [2.45, 2.75) is 6.85 Å². The minimum atomic E-state index is -2.16. The summed E-state index contributed by atoms with van der Waals surface area (Å²) in [6.07, 6.45) is 3.23. The van der Waals surface area contributed by atoms with Crippen LogP contribution in [0.25, 0.3) is 80.8 Å². The Labute approximate surface area is 287 Å². The van der Waals surface area contributed by atoms with Gasteiger partial charge in [-0.05, 0) is 59.0 Å². The van der Waals surface area contributed by atoms with E-state index in [2.05, 4.69) is 87.2 Å². The molecular formula is C41H25IrN3S-2. The number of nitrogens with zero attached hydrogens (tertiary/aromatic N) is 3. The molecule has 0 fully saturated rings. The van der Waals surface area contributed by atoms with E-state index in [-0.39, 0.29) is 25.7 Å². The fraction of sp³-hybridized carbons (Fsp3) is 0.0244.